The van der Waals surface area contributed by atoms with Crippen LogP contribution in [0.5, 0.6) is 17.4 Å². The second kappa shape index (κ2) is 10.9. The number of halogens is 1. The van der Waals surface area contributed by atoms with Crippen molar-refractivity contribution in [3.63, 3.8) is 0 Å². The molecule has 0 spiro atoms. The zero-order valence-corrected chi connectivity index (χ0v) is 22.0. The first-order valence-electron chi connectivity index (χ1n) is 13.4. The van der Waals surface area contributed by atoms with Gasteiger partial charge >= 0.3 is 0 Å². The smallest absolute Gasteiger partial charge is 0.239 e. The highest BCUT2D eigenvalue weighted by molar-refractivity contribution is 5.74. The van der Waals surface area contributed by atoms with Crippen molar-refractivity contribution in [2.24, 2.45) is 5.92 Å². The fourth-order valence-corrected chi connectivity index (χ4v) is 4.73. The molecule has 39 heavy (non-hydrogen) atoms. The third kappa shape index (κ3) is 5.68. The van der Waals surface area contributed by atoms with Crippen LogP contribution >= 0.6 is 0 Å². The van der Waals surface area contributed by atoms with Crippen molar-refractivity contribution in [3.8, 4) is 28.6 Å². The van der Waals surface area contributed by atoms with E-state index in [1.807, 2.05) is 24.3 Å². The van der Waals surface area contributed by atoms with Gasteiger partial charge in [-0.25, -0.2) is 13.9 Å². The van der Waals surface area contributed by atoms with Crippen LogP contribution in [0.4, 0.5) is 10.1 Å². The molecule has 2 aromatic carbocycles. The first-order chi connectivity index (χ1) is 19.1. The van der Waals surface area contributed by atoms with E-state index in [0.29, 0.717) is 23.4 Å². The highest BCUT2D eigenvalue weighted by atomic mass is 19.1. The molecule has 2 aliphatic rings. The van der Waals surface area contributed by atoms with Crippen molar-refractivity contribution in [1.82, 2.24) is 19.9 Å². The first kappa shape index (κ1) is 25.2. The Balaban J connectivity index is 1.33. The van der Waals surface area contributed by atoms with Crippen molar-refractivity contribution in [2.45, 2.75) is 31.7 Å². The molecule has 0 bridgehead atoms. The lowest BCUT2D eigenvalue weighted by molar-refractivity contribution is 0.0699. The van der Waals surface area contributed by atoms with Crippen molar-refractivity contribution in [2.75, 3.05) is 32.2 Å². The molecule has 1 aliphatic carbocycles. The van der Waals surface area contributed by atoms with Crippen LogP contribution in [0.2, 0.25) is 0 Å². The minimum Gasteiger partial charge on any atom is -0.497 e. The minimum atomic E-state index is -0.533. The average Bonchev–Trinajstić information content (AvgIpc) is 3.68. The van der Waals surface area contributed by atoms with E-state index in [4.69, 9.17) is 19.3 Å². The Kier molecular flexibility index (Phi) is 7.06. The summed E-state index contributed by atoms with van der Waals surface area (Å²) in [6.45, 7) is 6.49. The summed E-state index contributed by atoms with van der Waals surface area (Å²) in [7, 11) is 1.49. The molecule has 4 aromatic rings. The largest absolute Gasteiger partial charge is 0.497 e. The number of benzene rings is 2. The molecule has 0 radical (unpaired) electrons. The number of nitrogens with zero attached hydrogens (tertiary/aromatic N) is 3. The van der Waals surface area contributed by atoms with E-state index in [2.05, 4.69) is 22.2 Å². The van der Waals surface area contributed by atoms with Gasteiger partial charge in [0.05, 0.1) is 24.7 Å². The summed E-state index contributed by atoms with van der Waals surface area (Å²) in [5.74, 6) is 0.686. The Hall–Kier alpha value is -4.11. The maximum absolute atomic E-state index is 14.7. The lowest BCUT2D eigenvalue weighted by Crippen LogP contribution is -2.23. The molecule has 3 heterocycles. The maximum atomic E-state index is 14.7. The molecule has 2 aromatic heterocycles. The number of aromatic nitrogens is 3. The summed E-state index contributed by atoms with van der Waals surface area (Å²) in [5.41, 5.74) is 5.16. The molecule has 0 amide bonds. The van der Waals surface area contributed by atoms with Crippen LogP contribution in [0.15, 0.2) is 61.3 Å². The second-order valence-corrected chi connectivity index (χ2v) is 10.1. The van der Waals surface area contributed by atoms with Gasteiger partial charge < -0.3 is 24.8 Å². The Morgan fingerprint density at radius 2 is 1.90 bits per heavy atom. The van der Waals surface area contributed by atoms with Gasteiger partial charge in [-0.15, -0.1) is 5.10 Å². The quantitative estimate of drug-likeness (QED) is 0.265. The third-order valence-corrected chi connectivity index (χ3v) is 7.21. The Labute approximate surface area is 226 Å². The van der Waals surface area contributed by atoms with Gasteiger partial charge in [0.2, 0.25) is 5.88 Å². The van der Waals surface area contributed by atoms with Crippen LogP contribution in [0, 0.1) is 11.7 Å². The summed E-state index contributed by atoms with van der Waals surface area (Å²) >= 11 is 0. The van der Waals surface area contributed by atoms with Gasteiger partial charge in [0.15, 0.2) is 17.2 Å². The first-order valence-corrected chi connectivity index (χ1v) is 13.4. The predicted octanol–water partition coefficient (Wildman–Crippen LogP) is 5.90. The highest BCUT2D eigenvalue weighted by Crippen LogP contribution is 2.32. The normalized spacial score (nSPS) is 15.7. The number of hydrogen-bond donors (Lipinski definition) is 2. The Morgan fingerprint density at radius 3 is 2.62 bits per heavy atom. The van der Waals surface area contributed by atoms with Gasteiger partial charge in [-0.05, 0) is 49.3 Å². The van der Waals surface area contributed by atoms with E-state index < -0.39 is 5.82 Å². The van der Waals surface area contributed by atoms with Gasteiger partial charge in [0.25, 0.3) is 0 Å². The Morgan fingerprint density at radius 1 is 1.10 bits per heavy atom. The average molecular weight is 530 g/mol. The topological polar surface area (TPSA) is 81.9 Å². The third-order valence-electron chi connectivity index (χ3n) is 7.21. The van der Waals surface area contributed by atoms with E-state index >= 15 is 0 Å². The number of fused-ring (bicyclic) bond motifs is 1. The van der Waals surface area contributed by atoms with Crippen molar-refractivity contribution in [3.05, 3.63) is 72.7 Å². The summed E-state index contributed by atoms with van der Waals surface area (Å²) in [6, 6.07) is 14.9. The fourth-order valence-electron chi connectivity index (χ4n) is 4.73. The number of imidazole rings is 1. The van der Waals surface area contributed by atoms with Crippen LogP contribution in [0.3, 0.4) is 0 Å². The molecule has 0 atom stereocenters. The lowest BCUT2D eigenvalue weighted by Gasteiger charge is -2.22. The minimum absolute atomic E-state index is 0.0609. The monoisotopic (exact) mass is 529 g/mol. The van der Waals surface area contributed by atoms with E-state index in [1.54, 1.807) is 22.8 Å². The fraction of sp³-hybridized carbons (Fsp3) is 0.333. The van der Waals surface area contributed by atoms with E-state index in [9.17, 15) is 4.39 Å². The van der Waals surface area contributed by atoms with E-state index in [-0.39, 0.29) is 11.6 Å². The number of ether oxygens (including phenoxy) is 3. The van der Waals surface area contributed by atoms with Gasteiger partial charge in [0.1, 0.15) is 5.75 Å². The predicted molar refractivity (Wildman–Crippen MR) is 149 cm³/mol. The molecule has 9 heteroatoms. The zero-order chi connectivity index (χ0) is 26.8. The van der Waals surface area contributed by atoms with Gasteiger partial charge in [-0.3, -0.25) is 0 Å². The molecule has 202 valence electrons. The maximum Gasteiger partial charge on any atom is 0.239 e. The number of methoxy groups -OCH3 is 1. The van der Waals surface area contributed by atoms with Crippen LogP contribution < -0.4 is 20.1 Å². The van der Waals surface area contributed by atoms with Crippen LogP contribution in [0.25, 0.3) is 22.6 Å². The summed E-state index contributed by atoms with van der Waals surface area (Å²) in [6.07, 6.45) is 6.19. The van der Waals surface area contributed by atoms with Crippen LogP contribution in [0.1, 0.15) is 31.2 Å². The lowest BCUT2D eigenvalue weighted by atomic mass is 10.0. The molecule has 1 aliphatic heterocycles. The summed E-state index contributed by atoms with van der Waals surface area (Å²) in [4.78, 5) is 4.69. The van der Waals surface area contributed by atoms with Gasteiger partial charge in [0, 0.05) is 49.2 Å². The molecule has 2 fully saturated rings. The molecular formula is C30H32FN5O3. The zero-order valence-electron chi connectivity index (χ0n) is 22.0. The molecule has 8 nitrogen and oxygen atoms in total. The SMILES string of the molecule is C=C(NC1CC1)c1ccc(-c2cnc3c(NCC4CCOCC4)cc(Oc4ccc(OC)cc4F)nn23)cc1. The molecule has 0 unspecified atom stereocenters. The number of hydrogen-bond acceptors (Lipinski definition) is 7. The molecule has 2 N–H and O–H groups in total. The Bertz CT molecular complexity index is 1480. The summed E-state index contributed by atoms with van der Waals surface area (Å²) in [5, 5.41) is 11.7. The summed E-state index contributed by atoms with van der Waals surface area (Å²) < 4.78 is 33.0. The van der Waals surface area contributed by atoms with Crippen molar-refractivity contribution in [1.29, 1.82) is 0 Å². The second-order valence-electron chi connectivity index (χ2n) is 10.1. The molecule has 6 rings (SSSR count). The van der Waals surface area contributed by atoms with Crippen molar-refractivity contribution < 1.29 is 18.6 Å². The van der Waals surface area contributed by atoms with E-state index in [0.717, 1.165) is 60.8 Å². The van der Waals surface area contributed by atoms with Crippen LogP contribution in [-0.4, -0.2) is 47.5 Å². The highest BCUT2D eigenvalue weighted by Gasteiger charge is 2.22. The molecule has 1 saturated carbocycles. The van der Waals surface area contributed by atoms with Crippen LogP contribution in [-0.2, 0) is 4.74 Å². The number of anilines is 1. The standard InChI is InChI=1S/C30H32FN5O3/c1-19(34-23-7-8-23)21-3-5-22(6-4-21)27-18-33-30-26(32-17-20-11-13-38-14-12-20)16-29(35-36(27)30)39-28-10-9-24(37-2)15-25(28)31/h3-6,9-10,15-16,18,20,23,32,34H,1,7-8,11-14,17H2,2H3. The van der Waals surface area contributed by atoms with E-state index in [1.165, 1.54) is 32.1 Å². The van der Waals surface area contributed by atoms with Gasteiger partial charge in [-0.1, -0.05) is 30.8 Å². The number of rotatable bonds is 10. The molecular weight excluding hydrogens is 497 g/mol. The molecule has 1 saturated heterocycles. The van der Waals surface area contributed by atoms with Crippen molar-refractivity contribution >= 4 is 17.0 Å². The number of nitrogens with one attached hydrogen (secondary N) is 2. The van der Waals surface area contributed by atoms with Gasteiger partial charge in [-0.2, -0.15) is 0 Å².